The van der Waals surface area contributed by atoms with Crippen LogP contribution >= 0.6 is 11.8 Å². The number of aryl methyl sites for hydroxylation is 1. The summed E-state index contributed by atoms with van der Waals surface area (Å²) < 4.78 is 6.21. The first kappa shape index (κ1) is 16.4. The van der Waals surface area contributed by atoms with Crippen molar-refractivity contribution in [2.75, 3.05) is 6.26 Å². The molecule has 0 amide bonds. The molecule has 1 fully saturated rings. The molecule has 0 spiro atoms. The maximum absolute atomic E-state index is 9.42. The van der Waals surface area contributed by atoms with Crippen molar-refractivity contribution in [3.05, 3.63) is 64.7 Å². The van der Waals surface area contributed by atoms with Gasteiger partial charge in [-0.15, -0.1) is 11.8 Å². The molecule has 3 rings (SSSR count). The molecule has 1 aliphatic heterocycles. The summed E-state index contributed by atoms with van der Waals surface area (Å²) in [5.74, 6) is 0.318. The Morgan fingerprint density at radius 3 is 2.65 bits per heavy atom. The van der Waals surface area contributed by atoms with Crippen molar-refractivity contribution >= 4 is 11.8 Å². The van der Waals surface area contributed by atoms with E-state index in [-0.39, 0.29) is 6.10 Å². The van der Waals surface area contributed by atoms with Crippen LogP contribution in [0, 0.1) is 6.92 Å². The lowest BCUT2D eigenvalue weighted by molar-refractivity contribution is -0.00495. The van der Waals surface area contributed by atoms with Gasteiger partial charge < -0.3 is 9.84 Å². The van der Waals surface area contributed by atoms with Crippen LogP contribution in [0.5, 0.6) is 5.75 Å². The van der Waals surface area contributed by atoms with E-state index in [1.807, 2.05) is 23.9 Å². The van der Waals surface area contributed by atoms with Crippen molar-refractivity contribution in [3.8, 4) is 5.75 Å². The Balaban J connectivity index is 1.80. The molecule has 2 atom stereocenters. The molecule has 0 bridgehead atoms. The monoisotopic (exact) mass is 328 g/mol. The molecular weight excluding hydrogens is 304 g/mol. The van der Waals surface area contributed by atoms with Crippen molar-refractivity contribution in [3.63, 3.8) is 0 Å². The number of phenols is 1. The van der Waals surface area contributed by atoms with Gasteiger partial charge in [0.05, 0.1) is 6.10 Å². The van der Waals surface area contributed by atoms with E-state index in [4.69, 9.17) is 4.74 Å². The van der Waals surface area contributed by atoms with Crippen LogP contribution in [0.2, 0.25) is 0 Å². The summed E-state index contributed by atoms with van der Waals surface area (Å²) in [7, 11) is 0. The smallest absolute Gasteiger partial charge is 0.115 e. The second-order valence-electron chi connectivity index (χ2n) is 6.25. The Kier molecular flexibility index (Phi) is 5.29. The minimum absolute atomic E-state index is 0.223. The number of rotatable bonds is 4. The number of thioether (sulfide) groups is 1. The van der Waals surface area contributed by atoms with Crippen LogP contribution in [0.25, 0.3) is 0 Å². The summed E-state index contributed by atoms with van der Waals surface area (Å²) in [6.45, 7) is 2.16. The van der Waals surface area contributed by atoms with Gasteiger partial charge in [0.1, 0.15) is 11.2 Å². The van der Waals surface area contributed by atoms with E-state index >= 15 is 0 Å². The third-order valence-corrected chi connectivity index (χ3v) is 5.43. The molecule has 3 heteroatoms. The number of hydrogen-bond acceptors (Lipinski definition) is 3. The van der Waals surface area contributed by atoms with Gasteiger partial charge in [-0.25, -0.2) is 0 Å². The lowest BCUT2D eigenvalue weighted by Crippen LogP contribution is -2.19. The summed E-state index contributed by atoms with van der Waals surface area (Å²) in [4.78, 5) is 0. The highest BCUT2D eigenvalue weighted by atomic mass is 32.2. The number of phenolic OH excluding ortho intramolecular Hbond substituents is 1. The molecule has 0 unspecified atom stereocenters. The molecule has 1 N–H and O–H groups in total. The zero-order valence-electron chi connectivity index (χ0n) is 13.8. The Morgan fingerprint density at radius 1 is 1.13 bits per heavy atom. The molecule has 0 aliphatic carbocycles. The van der Waals surface area contributed by atoms with E-state index in [0.29, 0.717) is 11.2 Å². The van der Waals surface area contributed by atoms with Gasteiger partial charge in [0, 0.05) is 0 Å². The van der Waals surface area contributed by atoms with E-state index < -0.39 is 0 Å². The third kappa shape index (κ3) is 4.10. The summed E-state index contributed by atoms with van der Waals surface area (Å²) in [6, 6.07) is 14.2. The highest BCUT2D eigenvalue weighted by Gasteiger charge is 2.23. The van der Waals surface area contributed by atoms with Crippen LogP contribution in [0.15, 0.2) is 42.5 Å². The molecule has 1 aliphatic rings. The Morgan fingerprint density at radius 2 is 1.91 bits per heavy atom. The van der Waals surface area contributed by atoms with Gasteiger partial charge in [0.15, 0.2) is 0 Å². The van der Waals surface area contributed by atoms with Crippen molar-refractivity contribution in [1.82, 2.24) is 0 Å². The SMILES string of the molecule is CS[C@@H]1CCC[C@@H](c2ccc(C)c(Cc3ccc(O)cc3)c2)O1. The van der Waals surface area contributed by atoms with Gasteiger partial charge >= 0.3 is 0 Å². The first-order chi connectivity index (χ1) is 11.2. The second kappa shape index (κ2) is 7.41. The molecule has 2 aromatic rings. The standard InChI is InChI=1S/C20H24O2S/c1-14-6-9-16(19-4-3-5-20(22-19)23-2)13-17(14)12-15-7-10-18(21)11-8-15/h6-11,13,19-21H,3-5,12H2,1-2H3/t19-,20+/m0/s1. The van der Waals surface area contributed by atoms with Crippen LogP contribution in [-0.4, -0.2) is 16.8 Å². The lowest BCUT2D eigenvalue weighted by atomic mass is 9.94. The average molecular weight is 328 g/mol. The van der Waals surface area contributed by atoms with Gasteiger partial charge in [0.25, 0.3) is 0 Å². The summed E-state index contributed by atoms with van der Waals surface area (Å²) >= 11 is 1.81. The van der Waals surface area contributed by atoms with E-state index in [0.717, 1.165) is 19.3 Å². The van der Waals surface area contributed by atoms with E-state index in [1.165, 1.54) is 28.7 Å². The van der Waals surface area contributed by atoms with E-state index in [9.17, 15) is 5.11 Å². The minimum Gasteiger partial charge on any atom is -0.508 e. The molecule has 0 radical (unpaired) electrons. The third-order valence-electron chi connectivity index (χ3n) is 4.56. The topological polar surface area (TPSA) is 29.5 Å². The summed E-state index contributed by atoms with van der Waals surface area (Å²) in [5.41, 5.74) is 5.48. The average Bonchev–Trinajstić information content (AvgIpc) is 2.59. The first-order valence-corrected chi connectivity index (χ1v) is 9.50. The van der Waals surface area contributed by atoms with Gasteiger partial charge in [-0.2, -0.15) is 0 Å². The number of hydrogen-bond donors (Lipinski definition) is 1. The van der Waals surface area contributed by atoms with Gasteiger partial charge in [0.2, 0.25) is 0 Å². The molecule has 1 saturated heterocycles. The molecule has 1 heterocycles. The maximum atomic E-state index is 9.42. The fourth-order valence-corrected chi connectivity index (χ4v) is 3.77. The number of aromatic hydroxyl groups is 1. The zero-order valence-corrected chi connectivity index (χ0v) is 14.6. The molecule has 2 nitrogen and oxygen atoms in total. The first-order valence-electron chi connectivity index (χ1n) is 8.21. The molecular formula is C20H24O2S. The molecule has 23 heavy (non-hydrogen) atoms. The molecule has 122 valence electrons. The fourth-order valence-electron chi connectivity index (χ4n) is 3.12. The van der Waals surface area contributed by atoms with Crippen LogP contribution < -0.4 is 0 Å². The summed E-state index contributed by atoms with van der Waals surface area (Å²) in [6.07, 6.45) is 6.73. The molecule has 2 aromatic carbocycles. The lowest BCUT2D eigenvalue weighted by Gasteiger charge is -2.29. The van der Waals surface area contributed by atoms with Crippen LogP contribution in [0.1, 0.15) is 47.6 Å². The van der Waals surface area contributed by atoms with Gasteiger partial charge in [-0.05, 0) is 73.2 Å². The quantitative estimate of drug-likeness (QED) is 0.834. The predicted octanol–water partition coefficient (Wildman–Crippen LogP) is 5.22. The highest BCUT2D eigenvalue weighted by Crippen LogP contribution is 2.35. The Bertz CT molecular complexity index is 651. The van der Waals surface area contributed by atoms with Crippen molar-refractivity contribution in [1.29, 1.82) is 0 Å². The predicted molar refractivity (Wildman–Crippen MR) is 97.1 cm³/mol. The highest BCUT2D eigenvalue weighted by molar-refractivity contribution is 7.99. The van der Waals surface area contributed by atoms with Crippen LogP contribution in [-0.2, 0) is 11.2 Å². The van der Waals surface area contributed by atoms with Crippen molar-refractivity contribution in [2.45, 2.75) is 44.1 Å². The van der Waals surface area contributed by atoms with Gasteiger partial charge in [-0.1, -0.05) is 30.3 Å². The van der Waals surface area contributed by atoms with Crippen LogP contribution in [0.4, 0.5) is 0 Å². The molecule has 0 aromatic heterocycles. The minimum atomic E-state index is 0.223. The van der Waals surface area contributed by atoms with E-state index in [1.54, 1.807) is 12.1 Å². The number of benzene rings is 2. The second-order valence-corrected chi connectivity index (χ2v) is 7.25. The van der Waals surface area contributed by atoms with Crippen molar-refractivity contribution < 1.29 is 9.84 Å². The van der Waals surface area contributed by atoms with E-state index in [2.05, 4.69) is 31.4 Å². The largest absolute Gasteiger partial charge is 0.508 e. The summed E-state index contributed by atoms with van der Waals surface area (Å²) in [5, 5.41) is 9.42. The van der Waals surface area contributed by atoms with Crippen molar-refractivity contribution in [2.24, 2.45) is 0 Å². The normalized spacial score (nSPS) is 21.3. The Labute approximate surface area is 142 Å². The number of ether oxygens (including phenoxy) is 1. The van der Waals surface area contributed by atoms with Crippen LogP contribution in [0.3, 0.4) is 0 Å². The fraction of sp³-hybridized carbons (Fsp3) is 0.400. The Hall–Kier alpha value is -1.45. The molecule has 0 saturated carbocycles. The zero-order chi connectivity index (χ0) is 16.2. The maximum Gasteiger partial charge on any atom is 0.115 e. The van der Waals surface area contributed by atoms with Gasteiger partial charge in [-0.3, -0.25) is 0 Å².